The van der Waals surface area contributed by atoms with E-state index in [0.29, 0.717) is 6.42 Å². The highest BCUT2D eigenvalue weighted by Gasteiger charge is 2.16. The lowest BCUT2D eigenvalue weighted by atomic mass is 9.95. The molecule has 1 aromatic carbocycles. The van der Waals surface area contributed by atoms with Crippen LogP contribution in [-0.2, 0) is 11.2 Å². The van der Waals surface area contributed by atoms with Crippen LogP contribution < -0.4 is 0 Å². The maximum atomic E-state index is 11.1. The van der Waals surface area contributed by atoms with Gasteiger partial charge >= 0.3 is 0 Å². The molecule has 1 N–H and O–H groups in total. The van der Waals surface area contributed by atoms with Gasteiger partial charge in [0.1, 0.15) is 12.4 Å². The zero-order valence-corrected chi connectivity index (χ0v) is 11.5. The number of hydrogen-bond acceptors (Lipinski definition) is 2. The molecule has 0 amide bonds. The molecular formula is C17H22O2. The van der Waals surface area contributed by atoms with Crippen LogP contribution in [0.25, 0.3) is 0 Å². The minimum Gasteiger partial charge on any atom is -0.380 e. The van der Waals surface area contributed by atoms with Crippen LogP contribution >= 0.6 is 0 Å². The Labute approximate surface area is 115 Å². The van der Waals surface area contributed by atoms with Gasteiger partial charge in [0.2, 0.25) is 0 Å². The monoisotopic (exact) mass is 258 g/mol. The summed E-state index contributed by atoms with van der Waals surface area (Å²) in [7, 11) is 0. The second kappa shape index (κ2) is 9.35. The summed E-state index contributed by atoms with van der Waals surface area (Å²) >= 11 is 0. The molecule has 0 saturated carbocycles. The van der Waals surface area contributed by atoms with E-state index in [2.05, 4.69) is 18.8 Å². The number of benzene rings is 1. The van der Waals surface area contributed by atoms with Crippen LogP contribution in [0, 0.1) is 17.8 Å². The fourth-order valence-corrected chi connectivity index (χ4v) is 1.87. The number of aliphatic hydroxyl groups excluding tert-OH is 1. The molecule has 2 nitrogen and oxygen atoms in total. The van der Waals surface area contributed by atoms with E-state index < -0.39 is 12.0 Å². The van der Waals surface area contributed by atoms with Crippen molar-refractivity contribution < 1.29 is 9.90 Å². The second-order valence-corrected chi connectivity index (χ2v) is 4.71. The smallest absolute Gasteiger partial charge is 0.127 e. The number of unbranched alkanes of at least 4 members (excludes halogenated alkanes) is 3. The predicted molar refractivity (Wildman–Crippen MR) is 77.6 cm³/mol. The van der Waals surface area contributed by atoms with E-state index in [-0.39, 0.29) is 0 Å². The fourth-order valence-electron chi connectivity index (χ4n) is 1.87. The van der Waals surface area contributed by atoms with Crippen molar-refractivity contribution in [2.24, 2.45) is 5.92 Å². The Morgan fingerprint density at radius 1 is 1.26 bits per heavy atom. The molecule has 0 heterocycles. The van der Waals surface area contributed by atoms with Gasteiger partial charge in [-0.15, -0.1) is 5.92 Å². The first kappa shape index (κ1) is 15.5. The van der Waals surface area contributed by atoms with E-state index in [1.54, 1.807) is 0 Å². The summed E-state index contributed by atoms with van der Waals surface area (Å²) in [6.07, 6.45) is 4.65. The molecule has 0 fully saturated rings. The molecule has 0 aliphatic carbocycles. The van der Waals surface area contributed by atoms with Crippen molar-refractivity contribution in [1.29, 1.82) is 0 Å². The molecule has 1 aromatic rings. The number of hydrogen-bond donors (Lipinski definition) is 1. The van der Waals surface area contributed by atoms with Crippen LogP contribution in [0.3, 0.4) is 0 Å². The van der Waals surface area contributed by atoms with Crippen LogP contribution in [0.1, 0.15) is 38.2 Å². The zero-order valence-electron chi connectivity index (χ0n) is 11.5. The van der Waals surface area contributed by atoms with Gasteiger partial charge in [-0.2, -0.15) is 0 Å². The predicted octanol–water partition coefficient (Wildman–Crippen LogP) is 2.99. The average molecular weight is 258 g/mol. The Hall–Kier alpha value is -1.59. The number of aldehydes is 1. The first-order chi connectivity index (χ1) is 9.27. The first-order valence-electron chi connectivity index (χ1n) is 6.93. The molecule has 0 aliphatic heterocycles. The second-order valence-electron chi connectivity index (χ2n) is 4.71. The molecule has 1 rings (SSSR count). The van der Waals surface area contributed by atoms with Crippen LogP contribution in [0.4, 0.5) is 0 Å². The van der Waals surface area contributed by atoms with Gasteiger partial charge in [0.25, 0.3) is 0 Å². The highest BCUT2D eigenvalue weighted by Crippen LogP contribution is 2.10. The van der Waals surface area contributed by atoms with Gasteiger partial charge in [0, 0.05) is 6.42 Å². The van der Waals surface area contributed by atoms with Gasteiger partial charge in [-0.05, 0) is 18.4 Å². The molecule has 102 valence electrons. The Bertz CT molecular complexity index is 414. The largest absolute Gasteiger partial charge is 0.380 e. The van der Waals surface area contributed by atoms with E-state index in [1.165, 1.54) is 0 Å². The maximum absolute atomic E-state index is 11.1. The zero-order chi connectivity index (χ0) is 13.9. The van der Waals surface area contributed by atoms with Gasteiger partial charge in [0.05, 0.1) is 5.92 Å². The summed E-state index contributed by atoms with van der Waals surface area (Å²) in [6.45, 7) is 2.14. The number of aliphatic hydroxyl groups is 1. The minimum atomic E-state index is -0.862. The van der Waals surface area contributed by atoms with Crippen LogP contribution in [0.15, 0.2) is 30.3 Å². The quantitative estimate of drug-likeness (QED) is 0.464. The highest BCUT2D eigenvalue weighted by molar-refractivity contribution is 5.56. The van der Waals surface area contributed by atoms with Gasteiger partial charge in [-0.25, -0.2) is 0 Å². The molecule has 19 heavy (non-hydrogen) atoms. The SMILES string of the molecule is CCCCCC#CC(O)C(C=O)Cc1ccccc1. The lowest BCUT2D eigenvalue weighted by Crippen LogP contribution is -2.22. The Morgan fingerprint density at radius 2 is 2.00 bits per heavy atom. The molecule has 0 aliphatic rings. The minimum absolute atomic E-state index is 0.443. The highest BCUT2D eigenvalue weighted by atomic mass is 16.3. The lowest BCUT2D eigenvalue weighted by molar-refractivity contribution is -0.113. The average Bonchev–Trinajstić information content (AvgIpc) is 2.45. The van der Waals surface area contributed by atoms with Crippen molar-refractivity contribution in [3.05, 3.63) is 35.9 Å². The lowest BCUT2D eigenvalue weighted by Gasteiger charge is -2.12. The molecule has 0 bridgehead atoms. The third-order valence-electron chi connectivity index (χ3n) is 3.05. The van der Waals surface area contributed by atoms with E-state index in [0.717, 1.165) is 37.5 Å². The number of carbonyl (C=O) groups is 1. The van der Waals surface area contributed by atoms with Crippen LogP contribution in [0.2, 0.25) is 0 Å². The summed E-state index contributed by atoms with van der Waals surface area (Å²) in [5.74, 6) is 5.31. The molecule has 0 spiro atoms. The Morgan fingerprint density at radius 3 is 2.63 bits per heavy atom. The molecule has 0 radical (unpaired) electrons. The summed E-state index contributed by atoms with van der Waals surface area (Å²) in [5, 5.41) is 9.92. The van der Waals surface area contributed by atoms with Crippen LogP contribution in [0.5, 0.6) is 0 Å². The standard InChI is InChI=1S/C17H22O2/c1-2-3-4-5-9-12-17(19)16(14-18)13-15-10-7-6-8-11-15/h6-8,10-11,14,16-17,19H,2-5,13H2,1H3. The molecular weight excluding hydrogens is 236 g/mol. The van der Waals surface area contributed by atoms with Crippen LogP contribution in [-0.4, -0.2) is 17.5 Å². The van der Waals surface area contributed by atoms with E-state index in [4.69, 9.17) is 0 Å². The van der Waals surface area contributed by atoms with Crippen molar-refractivity contribution >= 4 is 6.29 Å². The molecule has 2 heteroatoms. The Kier molecular flexibility index (Phi) is 7.62. The summed E-state index contributed by atoms with van der Waals surface area (Å²) in [6, 6.07) is 9.71. The topological polar surface area (TPSA) is 37.3 Å². The van der Waals surface area contributed by atoms with Crippen molar-refractivity contribution in [1.82, 2.24) is 0 Å². The maximum Gasteiger partial charge on any atom is 0.127 e. The number of rotatable bonds is 7. The third kappa shape index (κ3) is 6.22. The van der Waals surface area contributed by atoms with E-state index in [1.807, 2.05) is 30.3 Å². The Balaban J connectivity index is 2.47. The molecule has 0 aromatic heterocycles. The van der Waals surface area contributed by atoms with Crippen molar-refractivity contribution in [3.8, 4) is 11.8 Å². The van der Waals surface area contributed by atoms with Gasteiger partial charge in [0.15, 0.2) is 0 Å². The van der Waals surface area contributed by atoms with Gasteiger partial charge in [-0.3, -0.25) is 0 Å². The summed E-state index contributed by atoms with van der Waals surface area (Å²) in [5.41, 5.74) is 1.05. The van der Waals surface area contributed by atoms with Crippen molar-refractivity contribution in [3.63, 3.8) is 0 Å². The molecule has 2 unspecified atom stereocenters. The van der Waals surface area contributed by atoms with Crippen molar-refractivity contribution in [2.45, 2.75) is 45.1 Å². The molecule has 0 saturated heterocycles. The fraction of sp³-hybridized carbons (Fsp3) is 0.471. The molecule has 2 atom stereocenters. The summed E-state index contributed by atoms with van der Waals surface area (Å²) < 4.78 is 0. The number of carbonyl (C=O) groups excluding carboxylic acids is 1. The van der Waals surface area contributed by atoms with Crippen molar-refractivity contribution in [2.75, 3.05) is 0 Å². The normalized spacial score (nSPS) is 13.2. The first-order valence-corrected chi connectivity index (χ1v) is 6.93. The van der Waals surface area contributed by atoms with E-state index >= 15 is 0 Å². The van der Waals surface area contributed by atoms with Gasteiger partial charge < -0.3 is 9.90 Å². The summed E-state index contributed by atoms with van der Waals surface area (Å²) in [4.78, 5) is 11.1. The van der Waals surface area contributed by atoms with Gasteiger partial charge in [-0.1, -0.05) is 56.0 Å². The van der Waals surface area contributed by atoms with E-state index in [9.17, 15) is 9.90 Å². The third-order valence-corrected chi connectivity index (χ3v) is 3.05.